The van der Waals surface area contributed by atoms with E-state index in [1.807, 2.05) is 45.9 Å². The molecule has 1 unspecified atom stereocenters. The second-order valence-corrected chi connectivity index (χ2v) is 10.3. The SMILES string of the molecule is CCOc1cccc(N(CC(=O)NC2CC(C)(C)Oc3cc(C)ccc32)S(C)(=O)=O)c1. The van der Waals surface area contributed by atoms with Gasteiger partial charge in [0.25, 0.3) is 0 Å². The number of nitrogens with one attached hydrogen (secondary N) is 1. The third kappa shape index (κ3) is 5.70. The van der Waals surface area contributed by atoms with Crippen LogP contribution in [0.1, 0.15) is 44.4 Å². The Kier molecular flexibility index (Phi) is 6.50. The Morgan fingerprint density at radius 1 is 1.26 bits per heavy atom. The molecule has 3 rings (SSSR count). The van der Waals surface area contributed by atoms with Crippen molar-refractivity contribution in [2.45, 2.75) is 45.8 Å². The Balaban J connectivity index is 1.83. The summed E-state index contributed by atoms with van der Waals surface area (Å²) < 4.78 is 37.5. The fourth-order valence-electron chi connectivity index (χ4n) is 3.75. The number of rotatable bonds is 7. The molecule has 0 spiro atoms. The molecule has 1 atom stereocenters. The summed E-state index contributed by atoms with van der Waals surface area (Å²) in [4.78, 5) is 13.0. The minimum Gasteiger partial charge on any atom is -0.494 e. The number of nitrogens with zero attached hydrogens (tertiary/aromatic N) is 1. The standard InChI is InChI=1S/C23H30N2O5S/c1-6-29-18-9-7-8-17(13-18)25(31(5,27)28)15-22(26)24-20-14-23(3,4)30-21-12-16(2)10-11-19(20)21/h7-13,20H,6,14-15H2,1-5H3,(H,24,26). The third-order valence-corrected chi connectivity index (χ3v) is 6.21. The predicted molar refractivity (Wildman–Crippen MR) is 121 cm³/mol. The smallest absolute Gasteiger partial charge is 0.241 e. The molecule has 7 nitrogen and oxygen atoms in total. The Hall–Kier alpha value is -2.74. The van der Waals surface area contributed by atoms with Crippen LogP contribution in [0.2, 0.25) is 0 Å². The first-order valence-corrected chi connectivity index (χ1v) is 12.1. The molecule has 1 aliphatic heterocycles. The van der Waals surface area contributed by atoms with Gasteiger partial charge in [-0.15, -0.1) is 0 Å². The lowest BCUT2D eigenvalue weighted by Gasteiger charge is -2.38. The van der Waals surface area contributed by atoms with E-state index in [-0.39, 0.29) is 18.5 Å². The van der Waals surface area contributed by atoms with Gasteiger partial charge < -0.3 is 14.8 Å². The maximum absolute atomic E-state index is 13.0. The maximum Gasteiger partial charge on any atom is 0.241 e. The van der Waals surface area contributed by atoms with E-state index in [1.54, 1.807) is 24.3 Å². The lowest BCUT2D eigenvalue weighted by atomic mass is 9.89. The molecule has 0 aliphatic carbocycles. The van der Waals surface area contributed by atoms with Gasteiger partial charge in [0, 0.05) is 18.1 Å². The van der Waals surface area contributed by atoms with Crippen LogP contribution in [0.15, 0.2) is 42.5 Å². The molecule has 0 fully saturated rings. The molecule has 0 aromatic heterocycles. The third-order valence-electron chi connectivity index (χ3n) is 5.07. The van der Waals surface area contributed by atoms with Gasteiger partial charge >= 0.3 is 0 Å². The van der Waals surface area contributed by atoms with Crippen molar-refractivity contribution in [2.24, 2.45) is 0 Å². The summed E-state index contributed by atoms with van der Waals surface area (Å²) in [6.07, 6.45) is 1.66. The zero-order valence-corrected chi connectivity index (χ0v) is 19.5. The van der Waals surface area contributed by atoms with Crippen molar-refractivity contribution in [3.05, 3.63) is 53.6 Å². The molecular formula is C23H30N2O5S. The van der Waals surface area contributed by atoms with Crippen LogP contribution >= 0.6 is 0 Å². The maximum atomic E-state index is 13.0. The normalized spacial score (nSPS) is 17.3. The molecule has 2 aromatic carbocycles. The molecular weight excluding hydrogens is 416 g/mol. The molecule has 8 heteroatoms. The van der Waals surface area contributed by atoms with E-state index < -0.39 is 15.6 Å². The fourth-order valence-corrected chi connectivity index (χ4v) is 4.60. The predicted octanol–water partition coefficient (Wildman–Crippen LogP) is 3.58. The van der Waals surface area contributed by atoms with E-state index in [4.69, 9.17) is 9.47 Å². The first-order valence-electron chi connectivity index (χ1n) is 10.3. The number of sulfonamides is 1. The van der Waals surface area contributed by atoms with E-state index in [2.05, 4.69) is 5.32 Å². The molecule has 168 valence electrons. The molecule has 0 saturated carbocycles. The van der Waals surface area contributed by atoms with Crippen molar-refractivity contribution in [1.29, 1.82) is 0 Å². The summed E-state index contributed by atoms with van der Waals surface area (Å²) in [7, 11) is -3.68. The first kappa shape index (κ1) is 22.9. The molecule has 0 saturated heterocycles. The lowest BCUT2D eigenvalue weighted by molar-refractivity contribution is -0.120. The van der Waals surface area contributed by atoms with Gasteiger partial charge in [0.1, 0.15) is 23.6 Å². The van der Waals surface area contributed by atoms with Gasteiger partial charge in [-0.1, -0.05) is 18.2 Å². The van der Waals surface area contributed by atoms with Gasteiger partial charge in [-0.05, 0) is 51.5 Å². The van der Waals surface area contributed by atoms with Crippen molar-refractivity contribution in [3.8, 4) is 11.5 Å². The molecule has 1 aliphatic rings. The highest BCUT2D eigenvalue weighted by Crippen LogP contribution is 2.40. The van der Waals surface area contributed by atoms with E-state index in [0.717, 1.165) is 27.4 Å². The van der Waals surface area contributed by atoms with Crippen molar-refractivity contribution in [2.75, 3.05) is 23.7 Å². The van der Waals surface area contributed by atoms with Crippen LogP contribution in [0.3, 0.4) is 0 Å². The lowest BCUT2D eigenvalue weighted by Crippen LogP contribution is -2.45. The van der Waals surface area contributed by atoms with Crippen LogP contribution in [-0.2, 0) is 14.8 Å². The summed E-state index contributed by atoms with van der Waals surface area (Å²) >= 11 is 0. The molecule has 1 N–H and O–H groups in total. The van der Waals surface area contributed by atoms with Crippen molar-refractivity contribution >= 4 is 21.6 Å². The van der Waals surface area contributed by atoms with Crippen molar-refractivity contribution in [3.63, 3.8) is 0 Å². The summed E-state index contributed by atoms with van der Waals surface area (Å²) in [6.45, 7) is 7.91. The average molecular weight is 447 g/mol. The number of amides is 1. The van der Waals surface area contributed by atoms with Gasteiger partial charge in [-0.3, -0.25) is 9.10 Å². The molecule has 2 aromatic rings. The summed E-state index contributed by atoms with van der Waals surface area (Å²) in [5.41, 5.74) is 1.88. The van der Waals surface area contributed by atoms with Crippen LogP contribution in [0.5, 0.6) is 11.5 Å². The van der Waals surface area contributed by atoms with Gasteiger partial charge in [0.15, 0.2) is 0 Å². The van der Waals surface area contributed by atoms with E-state index in [1.165, 1.54) is 0 Å². The number of ether oxygens (including phenoxy) is 2. The van der Waals surface area contributed by atoms with Crippen LogP contribution in [0, 0.1) is 6.92 Å². The van der Waals surface area contributed by atoms with Crippen LogP contribution in [-0.4, -0.2) is 39.3 Å². The van der Waals surface area contributed by atoms with E-state index in [0.29, 0.717) is 24.5 Å². The summed E-state index contributed by atoms with van der Waals surface area (Å²) in [5, 5.41) is 3.01. The second-order valence-electron chi connectivity index (χ2n) is 8.43. The highest BCUT2D eigenvalue weighted by Gasteiger charge is 2.35. The molecule has 1 heterocycles. The summed E-state index contributed by atoms with van der Waals surface area (Å²) in [5.74, 6) is 0.900. The average Bonchev–Trinajstić information content (AvgIpc) is 2.64. The highest BCUT2D eigenvalue weighted by molar-refractivity contribution is 7.92. The Morgan fingerprint density at radius 2 is 2.00 bits per heavy atom. The quantitative estimate of drug-likeness (QED) is 0.703. The number of hydrogen-bond acceptors (Lipinski definition) is 5. The number of anilines is 1. The monoisotopic (exact) mass is 446 g/mol. The summed E-state index contributed by atoms with van der Waals surface area (Å²) in [6, 6.07) is 12.3. The minimum absolute atomic E-state index is 0.275. The zero-order chi connectivity index (χ0) is 22.8. The van der Waals surface area contributed by atoms with Crippen LogP contribution < -0.4 is 19.1 Å². The van der Waals surface area contributed by atoms with Gasteiger partial charge in [-0.2, -0.15) is 0 Å². The van der Waals surface area contributed by atoms with Crippen molar-refractivity contribution < 1.29 is 22.7 Å². The van der Waals surface area contributed by atoms with Crippen LogP contribution in [0.25, 0.3) is 0 Å². The Bertz CT molecular complexity index is 1070. The fraction of sp³-hybridized carbons (Fsp3) is 0.435. The number of benzene rings is 2. The first-order chi connectivity index (χ1) is 14.5. The van der Waals surface area contributed by atoms with Gasteiger partial charge in [-0.25, -0.2) is 8.42 Å². The molecule has 31 heavy (non-hydrogen) atoms. The van der Waals surface area contributed by atoms with Gasteiger partial charge in [0.2, 0.25) is 15.9 Å². The number of carbonyl (C=O) groups is 1. The highest BCUT2D eigenvalue weighted by atomic mass is 32.2. The number of hydrogen-bond donors (Lipinski definition) is 1. The Labute approximate surface area is 184 Å². The second kappa shape index (κ2) is 8.78. The largest absolute Gasteiger partial charge is 0.494 e. The zero-order valence-electron chi connectivity index (χ0n) is 18.6. The van der Waals surface area contributed by atoms with E-state index >= 15 is 0 Å². The molecule has 1 amide bonds. The van der Waals surface area contributed by atoms with E-state index in [9.17, 15) is 13.2 Å². The molecule has 0 radical (unpaired) electrons. The Morgan fingerprint density at radius 3 is 2.68 bits per heavy atom. The number of carbonyl (C=O) groups excluding carboxylic acids is 1. The van der Waals surface area contributed by atoms with Gasteiger partial charge in [0.05, 0.1) is 24.6 Å². The van der Waals surface area contributed by atoms with Crippen molar-refractivity contribution in [1.82, 2.24) is 5.32 Å². The number of aryl methyl sites for hydroxylation is 1. The molecule has 0 bridgehead atoms. The topological polar surface area (TPSA) is 84.9 Å². The minimum atomic E-state index is -3.68. The number of fused-ring (bicyclic) bond motifs is 1. The van der Waals surface area contributed by atoms with Crippen LogP contribution in [0.4, 0.5) is 5.69 Å².